The summed E-state index contributed by atoms with van der Waals surface area (Å²) in [6.07, 6.45) is 0. The van der Waals surface area contributed by atoms with Crippen molar-refractivity contribution < 1.29 is 19.1 Å². The van der Waals surface area contributed by atoms with Crippen molar-refractivity contribution in [2.45, 2.75) is 6.92 Å². The van der Waals surface area contributed by atoms with Crippen molar-refractivity contribution in [2.75, 3.05) is 11.9 Å². The van der Waals surface area contributed by atoms with Gasteiger partial charge >= 0.3 is 5.97 Å². The van der Waals surface area contributed by atoms with E-state index in [2.05, 4.69) is 21.2 Å². The van der Waals surface area contributed by atoms with Crippen LogP contribution in [-0.2, 0) is 9.53 Å². The average Bonchev–Trinajstić information content (AvgIpc) is 2.71. The summed E-state index contributed by atoms with van der Waals surface area (Å²) in [6, 6.07) is 19.2. The molecule has 0 saturated heterocycles. The molecule has 0 aliphatic rings. The van der Waals surface area contributed by atoms with Gasteiger partial charge < -0.3 is 14.8 Å². The number of nitrogens with one attached hydrogen (secondary N) is 1. The highest BCUT2D eigenvalue weighted by Crippen LogP contribution is 2.29. The lowest BCUT2D eigenvalue weighted by atomic mass is 10.2. The van der Waals surface area contributed by atoms with Crippen molar-refractivity contribution in [1.29, 1.82) is 0 Å². The summed E-state index contributed by atoms with van der Waals surface area (Å²) in [6.45, 7) is 1.43. The molecule has 1 N–H and O–H groups in total. The zero-order valence-corrected chi connectivity index (χ0v) is 17.8. The van der Waals surface area contributed by atoms with E-state index in [0.717, 1.165) is 10.0 Å². The zero-order chi connectivity index (χ0) is 20.8. The molecular weight excluding hydrogens is 458 g/mol. The third kappa shape index (κ3) is 5.82. The van der Waals surface area contributed by atoms with Gasteiger partial charge in [0.1, 0.15) is 11.5 Å². The summed E-state index contributed by atoms with van der Waals surface area (Å²) < 4.78 is 11.5. The Morgan fingerprint density at radius 3 is 2.34 bits per heavy atom. The van der Waals surface area contributed by atoms with Crippen LogP contribution >= 0.6 is 27.5 Å². The Balaban J connectivity index is 1.53. The Labute approximate surface area is 181 Å². The van der Waals surface area contributed by atoms with E-state index in [1.54, 1.807) is 36.4 Å². The molecule has 3 rings (SSSR count). The van der Waals surface area contributed by atoms with Crippen LogP contribution in [0.2, 0.25) is 5.02 Å². The fraction of sp³-hybridized carbons (Fsp3) is 0.0909. The minimum atomic E-state index is -0.600. The first-order valence-corrected chi connectivity index (χ1v) is 9.85. The number of aryl methyl sites for hydroxylation is 1. The summed E-state index contributed by atoms with van der Waals surface area (Å²) >= 11 is 9.37. The summed E-state index contributed by atoms with van der Waals surface area (Å²) in [5.74, 6) is 0.233. The second kappa shape index (κ2) is 9.58. The van der Waals surface area contributed by atoms with E-state index in [1.165, 1.54) is 0 Å². The first-order chi connectivity index (χ1) is 13.9. The molecule has 0 fully saturated rings. The lowest BCUT2D eigenvalue weighted by Crippen LogP contribution is -2.21. The van der Waals surface area contributed by atoms with Crippen molar-refractivity contribution in [3.05, 3.63) is 87.4 Å². The molecule has 0 radical (unpaired) electrons. The van der Waals surface area contributed by atoms with Crippen molar-refractivity contribution in [1.82, 2.24) is 0 Å². The van der Waals surface area contributed by atoms with E-state index >= 15 is 0 Å². The fourth-order valence-electron chi connectivity index (χ4n) is 2.47. The van der Waals surface area contributed by atoms with E-state index in [0.29, 0.717) is 27.8 Å². The van der Waals surface area contributed by atoms with Crippen LogP contribution < -0.4 is 10.1 Å². The summed E-state index contributed by atoms with van der Waals surface area (Å²) in [5, 5.41) is 3.15. The highest BCUT2D eigenvalue weighted by molar-refractivity contribution is 9.10. The maximum Gasteiger partial charge on any atom is 0.338 e. The van der Waals surface area contributed by atoms with Crippen LogP contribution in [0.5, 0.6) is 11.5 Å². The van der Waals surface area contributed by atoms with Crippen LogP contribution in [0.25, 0.3) is 0 Å². The van der Waals surface area contributed by atoms with Gasteiger partial charge in [0.05, 0.1) is 10.6 Å². The lowest BCUT2D eigenvalue weighted by molar-refractivity contribution is -0.119. The van der Waals surface area contributed by atoms with Crippen molar-refractivity contribution in [2.24, 2.45) is 0 Å². The maximum atomic E-state index is 12.2. The summed E-state index contributed by atoms with van der Waals surface area (Å²) in [4.78, 5) is 24.3. The van der Waals surface area contributed by atoms with E-state index < -0.39 is 18.5 Å². The van der Waals surface area contributed by atoms with Crippen LogP contribution in [0.15, 0.2) is 71.2 Å². The first-order valence-electron chi connectivity index (χ1n) is 8.68. The molecule has 0 aliphatic heterocycles. The van der Waals surface area contributed by atoms with Gasteiger partial charge in [-0.3, -0.25) is 4.79 Å². The molecule has 0 spiro atoms. The monoisotopic (exact) mass is 473 g/mol. The Bertz CT molecular complexity index is 1020. The second-order valence-electron chi connectivity index (χ2n) is 6.15. The highest BCUT2D eigenvalue weighted by atomic mass is 79.9. The van der Waals surface area contributed by atoms with Crippen molar-refractivity contribution in [3.63, 3.8) is 0 Å². The van der Waals surface area contributed by atoms with Gasteiger partial charge in [-0.2, -0.15) is 0 Å². The van der Waals surface area contributed by atoms with Crippen LogP contribution in [0.1, 0.15) is 15.9 Å². The highest BCUT2D eigenvalue weighted by Gasteiger charge is 2.12. The number of benzene rings is 3. The summed E-state index contributed by atoms with van der Waals surface area (Å²) in [5.41, 5.74) is 1.71. The number of halogens is 2. The largest absolute Gasteiger partial charge is 0.457 e. The maximum absolute atomic E-state index is 12.2. The van der Waals surface area contributed by atoms with Crippen LogP contribution in [0.3, 0.4) is 0 Å². The van der Waals surface area contributed by atoms with Gasteiger partial charge in [0.2, 0.25) is 0 Å². The minimum absolute atomic E-state index is 0.320. The van der Waals surface area contributed by atoms with E-state index in [1.807, 2.05) is 37.3 Å². The number of para-hydroxylation sites is 1. The number of amides is 1. The third-order valence-corrected chi connectivity index (χ3v) is 5.14. The summed E-state index contributed by atoms with van der Waals surface area (Å²) in [7, 11) is 0. The molecule has 3 aromatic rings. The predicted molar refractivity (Wildman–Crippen MR) is 116 cm³/mol. The molecule has 0 bridgehead atoms. The zero-order valence-electron chi connectivity index (χ0n) is 15.4. The molecule has 1 amide bonds. The van der Waals surface area contributed by atoms with Crippen LogP contribution in [-0.4, -0.2) is 18.5 Å². The van der Waals surface area contributed by atoms with E-state index in [4.69, 9.17) is 21.1 Å². The van der Waals surface area contributed by atoms with Gasteiger partial charge in [-0.15, -0.1) is 0 Å². The van der Waals surface area contributed by atoms with E-state index in [-0.39, 0.29) is 0 Å². The molecule has 148 valence electrons. The van der Waals surface area contributed by atoms with E-state index in [9.17, 15) is 9.59 Å². The third-order valence-electron chi connectivity index (χ3n) is 3.94. The van der Waals surface area contributed by atoms with Crippen LogP contribution in [0, 0.1) is 6.92 Å². The molecule has 0 saturated carbocycles. The van der Waals surface area contributed by atoms with Crippen LogP contribution in [0.4, 0.5) is 5.69 Å². The number of ether oxygens (including phenoxy) is 2. The predicted octanol–water partition coefficient (Wildman–Crippen LogP) is 6.00. The van der Waals surface area contributed by atoms with Gasteiger partial charge in [-0.05, 0) is 76.9 Å². The number of anilines is 1. The number of rotatable bonds is 6. The molecule has 29 heavy (non-hydrogen) atoms. The molecule has 0 heterocycles. The molecule has 0 atom stereocenters. The minimum Gasteiger partial charge on any atom is -0.457 e. The molecule has 0 unspecified atom stereocenters. The Morgan fingerprint density at radius 2 is 1.66 bits per heavy atom. The molecule has 0 aliphatic carbocycles. The number of carbonyl (C=O) groups excluding carboxylic acids is 2. The molecule has 7 heteroatoms. The lowest BCUT2D eigenvalue weighted by Gasteiger charge is -2.11. The molecular formula is C22H17BrClNO4. The van der Waals surface area contributed by atoms with Crippen molar-refractivity contribution in [3.8, 4) is 11.5 Å². The molecule has 0 aromatic heterocycles. The Morgan fingerprint density at radius 1 is 1.00 bits per heavy atom. The number of hydrogen-bond donors (Lipinski definition) is 1. The fourth-order valence-corrected chi connectivity index (χ4v) is 3.09. The Kier molecular flexibility index (Phi) is 6.90. The molecule has 3 aromatic carbocycles. The van der Waals surface area contributed by atoms with Gasteiger partial charge in [0.15, 0.2) is 6.61 Å². The smallest absolute Gasteiger partial charge is 0.338 e. The second-order valence-corrected chi connectivity index (χ2v) is 7.41. The quantitative estimate of drug-likeness (QED) is 0.445. The number of hydrogen-bond acceptors (Lipinski definition) is 4. The van der Waals surface area contributed by atoms with Gasteiger partial charge in [0.25, 0.3) is 5.91 Å². The molecule has 5 nitrogen and oxygen atoms in total. The first kappa shape index (κ1) is 20.9. The normalized spacial score (nSPS) is 10.3. The van der Waals surface area contributed by atoms with Gasteiger partial charge in [-0.1, -0.05) is 29.8 Å². The van der Waals surface area contributed by atoms with Crippen molar-refractivity contribution >= 4 is 45.1 Å². The average molecular weight is 475 g/mol. The standard InChI is InChI=1S/C22H17BrClNO4/c1-14-11-18(23)19(24)12-20(14)25-21(26)13-28-22(27)15-7-9-17(10-8-15)29-16-5-3-2-4-6-16/h2-12H,13H2,1H3,(H,25,26). The SMILES string of the molecule is Cc1cc(Br)c(Cl)cc1NC(=O)COC(=O)c1ccc(Oc2ccccc2)cc1. The topological polar surface area (TPSA) is 64.6 Å². The number of esters is 1. The number of carbonyl (C=O) groups is 2. The Hall–Kier alpha value is -2.83. The van der Waals surface area contributed by atoms with Gasteiger partial charge in [0, 0.05) is 10.2 Å². The van der Waals surface area contributed by atoms with Gasteiger partial charge in [-0.25, -0.2) is 4.79 Å².